The molecule has 2 heterocycles. The number of thiophene rings is 1. The largest absolute Gasteiger partial charge is 0.452 e. The van der Waals surface area contributed by atoms with Gasteiger partial charge >= 0.3 is 5.97 Å². The fourth-order valence-electron chi connectivity index (χ4n) is 3.15. The second-order valence-corrected chi connectivity index (χ2v) is 7.87. The molecule has 7 heteroatoms. The first kappa shape index (κ1) is 20.6. The predicted octanol–water partition coefficient (Wildman–Crippen LogP) is 4.64. The third kappa shape index (κ3) is 4.90. The number of nitrogens with one attached hydrogen (secondary N) is 1. The lowest BCUT2D eigenvalue weighted by atomic mass is 10.1. The minimum Gasteiger partial charge on any atom is -0.452 e. The molecule has 0 fully saturated rings. The highest BCUT2D eigenvalue weighted by atomic mass is 32.1. The third-order valence-corrected chi connectivity index (χ3v) is 5.60. The zero-order valence-corrected chi connectivity index (χ0v) is 17.7. The molecular formula is C24H21N3O3S. The Morgan fingerprint density at radius 2 is 1.74 bits per heavy atom. The average molecular weight is 432 g/mol. The first-order valence-corrected chi connectivity index (χ1v) is 10.7. The van der Waals surface area contributed by atoms with Crippen molar-refractivity contribution in [1.82, 2.24) is 15.1 Å². The zero-order valence-electron chi connectivity index (χ0n) is 16.9. The van der Waals surface area contributed by atoms with Gasteiger partial charge in [-0.25, -0.2) is 9.48 Å². The van der Waals surface area contributed by atoms with E-state index >= 15 is 0 Å². The fourth-order valence-corrected chi connectivity index (χ4v) is 3.87. The Labute approximate surface area is 184 Å². The number of hydrogen-bond donors (Lipinski definition) is 1. The van der Waals surface area contributed by atoms with Crippen LogP contribution in [0.5, 0.6) is 0 Å². The summed E-state index contributed by atoms with van der Waals surface area (Å²) in [5, 5.41) is 9.35. The van der Waals surface area contributed by atoms with Crippen LogP contribution in [0, 0.1) is 0 Å². The van der Waals surface area contributed by atoms with Crippen molar-refractivity contribution < 1.29 is 14.3 Å². The van der Waals surface area contributed by atoms with E-state index in [-0.39, 0.29) is 18.6 Å². The molecule has 1 N–H and O–H groups in total. The first-order chi connectivity index (χ1) is 15.1. The van der Waals surface area contributed by atoms with Crippen molar-refractivity contribution in [1.29, 1.82) is 0 Å². The molecule has 0 aliphatic heterocycles. The third-order valence-electron chi connectivity index (χ3n) is 4.72. The van der Waals surface area contributed by atoms with Crippen LogP contribution < -0.4 is 5.32 Å². The van der Waals surface area contributed by atoms with Crippen LogP contribution in [0.2, 0.25) is 0 Å². The number of aromatic nitrogens is 2. The fraction of sp³-hybridized carbons (Fsp3) is 0.125. The van der Waals surface area contributed by atoms with Gasteiger partial charge < -0.3 is 10.1 Å². The van der Waals surface area contributed by atoms with E-state index < -0.39 is 5.97 Å². The van der Waals surface area contributed by atoms with Crippen LogP contribution in [0.4, 0.5) is 0 Å². The van der Waals surface area contributed by atoms with E-state index in [1.807, 2.05) is 85.1 Å². The van der Waals surface area contributed by atoms with E-state index in [0.29, 0.717) is 11.3 Å². The lowest BCUT2D eigenvalue weighted by Gasteiger charge is -2.14. The highest BCUT2D eigenvalue weighted by molar-refractivity contribution is 7.13. The van der Waals surface area contributed by atoms with Crippen LogP contribution >= 0.6 is 11.3 Å². The number of ether oxygens (including phenoxy) is 1. The van der Waals surface area contributed by atoms with Gasteiger partial charge in [-0.05, 0) is 36.1 Å². The Morgan fingerprint density at radius 1 is 1.03 bits per heavy atom. The average Bonchev–Trinajstić information content (AvgIpc) is 3.49. The first-order valence-electron chi connectivity index (χ1n) is 9.82. The van der Waals surface area contributed by atoms with Crippen LogP contribution in [-0.2, 0) is 9.53 Å². The maximum Gasteiger partial charge on any atom is 0.342 e. The van der Waals surface area contributed by atoms with Crippen molar-refractivity contribution in [3.05, 3.63) is 95.5 Å². The van der Waals surface area contributed by atoms with Crippen LogP contribution in [0.15, 0.2) is 84.4 Å². The van der Waals surface area contributed by atoms with Crippen molar-refractivity contribution in [3.8, 4) is 16.3 Å². The van der Waals surface area contributed by atoms with Crippen LogP contribution in [0.3, 0.4) is 0 Å². The SMILES string of the molecule is C[C@@H](NC(=O)COC(=O)c1cn(-c2ccccc2)nc1-c1cccs1)c1ccccc1. The van der Waals surface area contributed by atoms with Crippen molar-refractivity contribution in [2.45, 2.75) is 13.0 Å². The molecule has 2 aromatic carbocycles. The van der Waals surface area contributed by atoms with Crippen LogP contribution in [0.25, 0.3) is 16.3 Å². The lowest BCUT2D eigenvalue weighted by molar-refractivity contribution is -0.124. The van der Waals surface area contributed by atoms with Gasteiger partial charge in [0.05, 0.1) is 16.6 Å². The number of nitrogens with zero attached hydrogens (tertiary/aromatic N) is 2. The standard InChI is InChI=1S/C24H21N3O3S/c1-17(18-9-4-2-5-10-18)25-22(28)16-30-24(29)20-15-27(19-11-6-3-7-12-19)26-23(20)21-13-8-14-31-21/h2-15,17H,16H2,1H3,(H,25,28)/t17-/m1/s1. The topological polar surface area (TPSA) is 73.2 Å². The van der Waals surface area contributed by atoms with E-state index in [2.05, 4.69) is 10.4 Å². The Bertz CT molecular complexity index is 1160. The van der Waals surface area contributed by atoms with E-state index in [0.717, 1.165) is 16.1 Å². The summed E-state index contributed by atoms with van der Waals surface area (Å²) in [4.78, 5) is 26.0. The molecule has 0 unspecified atom stereocenters. The number of para-hydroxylation sites is 1. The minimum atomic E-state index is -0.590. The summed E-state index contributed by atoms with van der Waals surface area (Å²) in [6, 6.07) is 22.7. The highest BCUT2D eigenvalue weighted by Crippen LogP contribution is 2.28. The van der Waals surface area contributed by atoms with Gasteiger partial charge in [-0.2, -0.15) is 5.10 Å². The normalized spacial score (nSPS) is 11.6. The number of hydrogen-bond acceptors (Lipinski definition) is 5. The summed E-state index contributed by atoms with van der Waals surface area (Å²) >= 11 is 1.48. The van der Waals surface area contributed by atoms with Gasteiger partial charge in [0, 0.05) is 6.20 Å². The zero-order chi connectivity index (χ0) is 21.6. The van der Waals surface area contributed by atoms with E-state index in [9.17, 15) is 9.59 Å². The molecule has 1 amide bonds. The summed E-state index contributed by atoms with van der Waals surface area (Å²) < 4.78 is 6.96. The van der Waals surface area contributed by atoms with Gasteiger partial charge in [0.1, 0.15) is 11.3 Å². The Morgan fingerprint density at radius 3 is 2.42 bits per heavy atom. The quantitative estimate of drug-likeness (QED) is 0.433. The summed E-state index contributed by atoms with van der Waals surface area (Å²) in [5.41, 5.74) is 2.65. The van der Waals surface area contributed by atoms with Crippen molar-refractivity contribution in [3.63, 3.8) is 0 Å². The molecule has 0 saturated heterocycles. The summed E-state index contributed by atoms with van der Waals surface area (Å²) in [7, 11) is 0. The molecule has 0 aliphatic rings. The van der Waals surface area contributed by atoms with Crippen LogP contribution in [0.1, 0.15) is 28.9 Å². The highest BCUT2D eigenvalue weighted by Gasteiger charge is 2.21. The number of carbonyl (C=O) groups is 2. The van der Waals surface area contributed by atoms with E-state index in [1.54, 1.807) is 10.9 Å². The minimum absolute atomic E-state index is 0.185. The van der Waals surface area contributed by atoms with Gasteiger partial charge in [0.15, 0.2) is 6.61 Å². The van der Waals surface area contributed by atoms with Crippen molar-refractivity contribution in [2.24, 2.45) is 0 Å². The molecule has 31 heavy (non-hydrogen) atoms. The maximum atomic E-state index is 12.8. The molecule has 0 aliphatic carbocycles. The summed E-state index contributed by atoms with van der Waals surface area (Å²) in [5.74, 6) is -0.953. The molecule has 0 saturated carbocycles. The lowest BCUT2D eigenvalue weighted by Crippen LogP contribution is -2.31. The molecule has 0 spiro atoms. The van der Waals surface area contributed by atoms with Gasteiger partial charge in [0.25, 0.3) is 5.91 Å². The summed E-state index contributed by atoms with van der Waals surface area (Å²) in [6.07, 6.45) is 1.64. The number of carbonyl (C=O) groups excluding carboxylic acids is 2. The molecule has 4 aromatic rings. The smallest absolute Gasteiger partial charge is 0.342 e. The molecule has 6 nitrogen and oxygen atoms in total. The molecule has 1 atom stereocenters. The van der Waals surface area contributed by atoms with E-state index in [1.165, 1.54) is 11.3 Å². The number of amides is 1. The Kier molecular flexibility index (Phi) is 6.24. The predicted molar refractivity (Wildman–Crippen MR) is 120 cm³/mol. The number of esters is 1. The van der Waals surface area contributed by atoms with E-state index in [4.69, 9.17) is 4.74 Å². The Hall–Kier alpha value is -3.71. The van der Waals surface area contributed by atoms with Crippen molar-refractivity contribution >= 4 is 23.2 Å². The second-order valence-electron chi connectivity index (χ2n) is 6.92. The molecule has 2 aromatic heterocycles. The molecular weight excluding hydrogens is 410 g/mol. The van der Waals surface area contributed by atoms with Gasteiger partial charge in [-0.1, -0.05) is 54.6 Å². The van der Waals surface area contributed by atoms with Crippen LogP contribution in [-0.4, -0.2) is 28.3 Å². The molecule has 4 rings (SSSR count). The van der Waals surface area contributed by atoms with Gasteiger partial charge in [-0.3, -0.25) is 4.79 Å². The molecule has 0 bridgehead atoms. The number of rotatable bonds is 7. The summed E-state index contributed by atoms with van der Waals surface area (Å²) in [6.45, 7) is 1.52. The van der Waals surface area contributed by atoms with Gasteiger partial charge in [0.2, 0.25) is 0 Å². The van der Waals surface area contributed by atoms with Crippen molar-refractivity contribution in [2.75, 3.05) is 6.61 Å². The number of benzene rings is 2. The molecule has 156 valence electrons. The monoisotopic (exact) mass is 431 g/mol. The van der Waals surface area contributed by atoms with Gasteiger partial charge in [-0.15, -0.1) is 11.3 Å². The Balaban J connectivity index is 1.47. The second kappa shape index (κ2) is 9.40. The maximum absolute atomic E-state index is 12.8. The molecule has 0 radical (unpaired) electrons.